The molecule has 3 rings (SSSR count). The van der Waals surface area contributed by atoms with Gasteiger partial charge in [0.25, 0.3) is 5.56 Å². The largest absolute Gasteiger partial charge is 0.389 e. The van der Waals surface area contributed by atoms with Gasteiger partial charge in [-0.1, -0.05) is 30.4 Å². The number of pyridine rings is 1. The van der Waals surface area contributed by atoms with Crippen LogP contribution in [-0.2, 0) is 13.6 Å². The van der Waals surface area contributed by atoms with Crippen molar-refractivity contribution in [2.24, 2.45) is 12.8 Å². The molecule has 0 aliphatic carbocycles. The van der Waals surface area contributed by atoms with E-state index in [-0.39, 0.29) is 10.5 Å². The summed E-state index contributed by atoms with van der Waals surface area (Å²) in [6.45, 7) is 0.386. The molecule has 21 heavy (non-hydrogen) atoms. The van der Waals surface area contributed by atoms with Gasteiger partial charge >= 0.3 is 0 Å². The van der Waals surface area contributed by atoms with Crippen LogP contribution in [0.4, 0.5) is 0 Å². The number of hydrogen-bond donors (Lipinski definition) is 1. The first-order valence-electron chi connectivity index (χ1n) is 6.48. The molecule has 0 radical (unpaired) electrons. The van der Waals surface area contributed by atoms with Crippen LogP contribution in [0.25, 0.3) is 10.9 Å². The van der Waals surface area contributed by atoms with Gasteiger partial charge in [0, 0.05) is 18.6 Å². The average Bonchev–Trinajstić information content (AvgIpc) is 2.78. The van der Waals surface area contributed by atoms with Crippen molar-refractivity contribution in [1.82, 2.24) is 14.3 Å². The smallest absolute Gasteiger partial charge is 0.261 e. The van der Waals surface area contributed by atoms with Crippen molar-refractivity contribution in [3.63, 3.8) is 0 Å². The van der Waals surface area contributed by atoms with E-state index in [4.69, 9.17) is 18.0 Å². The third kappa shape index (κ3) is 2.34. The van der Waals surface area contributed by atoms with E-state index in [1.165, 1.54) is 0 Å². The fourth-order valence-corrected chi connectivity index (χ4v) is 2.57. The molecule has 0 fully saturated rings. The van der Waals surface area contributed by atoms with Gasteiger partial charge in [-0.25, -0.2) is 0 Å². The van der Waals surface area contributed by atoms with Crippen LogP contribution < -0.4 is 11.3 Å². The molecule has 0 aliphatic rings. The maximum Gasteiger partial charge on any atom is 0.261 e. The van der Waals surface area contributed by atoms with Crippen LogP contribution in [0, 0.1) is 0 Å². The highest BCUT2D eigenvalue weighted by molar-refractivity contribution is 7.80. The fourth-order valence-electron chi connectivity index (χ4n) is 2.42. The lowest BCUT2D eigenvalue weighted by Gasteiger charge is -2.06. The summed E-state index contributed by atoms with van der Waals surface area (Å²) in [5.74, 6) is 0. The molecule has 3 aromatic rings. The second kappa shape index (κ2) is 5.14. The van der Waals surface area contributed by atoms with Crippen LogP contribution in [0.5, 0.6) is 0 Å². The van der Waals surface area contributed by atoms with E-state index in [0.717, 1.165) is 16.6 Å². The van der Waals surface area contributed by atoms with Crippen LogP contribution in [0.2, 0.25) is 0 Å². The van der Waals surface area contributed by atoms with Crippen molar-refractivity contribution in [1.29, 1.82) is 0 Å². The van der Waals surface area contributed by atoms with Crippen LogP contribution in [0.3, 0.4) is 0 Å². The van der Waals surface area contributed by atoms with E-state index >= 15 is 0 Å². The summed E-state index contributed by atoms with van der Waals surface area (Å²) in [5.41, 5.74) is 7.61. The van der Waals surface area contributed by atoms with Crippen LogP contribution in [-0.4, -0.2) is 19.3 Å². The van der Waals surface area contributed by atoms with Gasteiger partial charge in [0.05, 0.1) is 23.3 Å². The van der Waals surface area contributed by atoms with Crippen molar-refractivity contribution >= 4 is 28.1 Å². The molecular formula is C15H14N4OS. The molecule has 0 atom stereocenters. The molecular weight excluding hydrogens is 284 g/mol. The Labute approximate surface area is 126 Å². The van der Waals surface area contributed by atoms with Gasteiger partial charge in [-0.05, 0) is 18.2 Å². The minimum absolute atomic E-state index is 0.111. The quantitative estimate of drug-likeness (QED) is 0.743. The number of benzene rings is 1. The molecule has 6 heteroatoms. The molecule has 0 saturated heterocycles. The fraction of sp³-hybridized carbons (Fsp3) is 0.133. The first kappa shape index (κ1) is 13.5. The van der Waals surface area contributed by atoms with Gasteiger partial charge in [-0.2, -0.15) is 5.10 Å². The highest BCUT2D eigenvalue weighted by atomic mass is 32.1. The summed E-state index contributed by atoms with van der Waals surface area (Å²) in [6.07, 6.45) is 1.72. The highest BCUT2D eigenvalue weighted by Gasteiger charge is 2.11. The van der Waals surface area contributed by atoms with Crippen molar-refractivity contribution in [2.75, 3.05) is 0 Å². The van der Waals surface area contributed by atoms with Crippen molar-refractivity contribution in [2.45, 2.75) is 6.54 Å². The number of hydrogen-bond acceptors (Lipinski definition) is 3. The van der Waals surface area contributed by atoms with Gasteiger partial charge in [0.15, 0.2) is 0 Å². The normalized spacial score (nSPS) is 10.9. The number of thiocarbonyl (C=S) groups is 1. The second-order valence-corrected chi connectivity index (χ2v) is 5.25. The Kier molecular flexibility index (Phi) is 3.31. The van der Waals surface area contributed by atoms with E-state index in [1.54, 1.807) is 22.9 Å². The lowest BCUT2D eigenvalue weighted by molar-refractivity contribution is 0.701. The molecule has 0 spiro atoms. The van der Waals surface area contributed by atoms with Gasteiger partial charge < -0.3 is 10.3 Å². The number of rotatable bonds is 3. The van der Waals surface area contributed by atoms with Gasteiger partial charge in [0.2, 0.25) is 0 Å². The molecule has 0 amide bonds. The summed E-state index contributed by atoms with van der Waals surface area (Å²) in [4.78, 5) is 12.4. The van der Waals surface area contributed by atoms with E-state index in [2.05, 4.69) is 5.10 Å². The Balaban J connectivity index is 2.10. The zero-order valence-corrected chi connectivity index (χ0v) is 12.3. The van der Waals surface area contributed by atoms with Gasteiger partial charge in [0.1, 0.15) is 4.99 Å². The zero-order chi connectivity index (χ0) is 15.0. The molecule has 5 nitrogen and oxygen atoms in total. The van der Waals surface area contributed by atoms with E-state index < -0.39 is 0 Å². The van der Waals surface area contributed by atoms with Gasteiger partial charge in [-0.15, -0.1) is 0 Å². The Morgan fingerprint density at radius 1 is 1.29 bits per heavy atom. The maximum atomic E-state index is 12.3. The van der Waals surface area contributed by atoms with Gasteiger partial charge in [-0.3, -0.25) is 9.48 Å². The van der Waals surface area contributed by atoms with Crippen LogP contribution in [0.1, 0.15) is 11.3 Å². The first-order chi connectivity index (χ1) is 10.1. The lowest BCUT2D eigenvalue weighted by atomic mass is 10.2. The molecule has 1 aromatic carbocycles. The predicted octanol–water partition coefficient (Wildman–Crippen LogP) is 1.42. The Hall–Kier alpha value is -2.47. The standard InChI is InChI=1S/C15H14N4OS/c1-18-13-7-3-2-5-10(13)12(17-18)9-19-8-4-6-11(14(16)21)15(19)20/h2-8H,9H2,1H3,(H2,16,21). The predicted molar refractivity (Wildman–Crippen MR) is 86.4 cm³/mol. The lowest BCUT2D eigenvalue weighted by Crippen LogP contribution is -2.28. The third-order valence-corrected chi connectivity index (χ3v) is 3.66. The minimum atomic E-state index is -0.195. The van der Waals surface area contributed by atoms with Crippen molar-refractivity contribution in [3.05, 3.63) is 64.2 Å². The molecule has 2 N–H and O–H groups in total. The van der Waals surface area contributed by atoms with E-state index in [1.807, 2.05) is 36.0 Å². The SMILES string of the molecule is Cn1nc(Cn2cccc(C(N)=S)c2=O)c2ccccc21. The molecule has 2 aromatic heterocycles. The second-order valence-electron chi connectivity index (χ2n) is 4.81. The molecule has 0 bridgehead atoms. The van der Waals surface area contributed by atoms with E-state index in [0.29, 0.717) is 12.1 Å². The number of nitrogens with zero attached hydrogens (tertiary/aromatic N) is 3. The number of para-hydroxylation sites is 1. The molecule has 0 aliphatic heterocycles. The molecule has 0 saturated carbocycles. The average molecular weight is 298 g/mol. The monoisotopic (exact) mass is 298 g/mol. The zero-order valence-electron chi connectivity index (χ0n) is 11.5. The Morgan fingerprint density at radius 2 is 2.05 bits per heavy atom. The van der Waals surface area contributed by atoms with Crippen LogP contribution >= 0.6 is 12.2 Å². The summed E-state index contributed by atoms with van der Waals surface area (Å²) in [6, 6.07) is 11.3. The summed E-state index contributed by atoms with van der Waals surface area (Å²) >= 11 is 4.90. The highest BCUT2D eigenvalue weighted by Crippen LogP contribution is 2.17. The number of aryl methyl sites for hydroxylation is 1. The Bertz CT molecular complexity index is 894. The number of fused-ring (bicyclic) bond motifs is 1. The molecule has 106 valence electrons. The summed E-state index contributed by atoms with van der Waals surface area (Å²) < 4.78 is 3.39. The third-order valence-electron chi connectivity index (χ3n) is 3.44. The number of nitrogens with two attached hydrogens (primary N) is 1. The maximum absolute atomic E-state index is 12.3. The summed E-state index contributed by atoms with van der Waals surface area (Å²) in [5, 5.41) is 5.53. The number of aromatic nitrogens is 3. The van der Waals surface area contributed by atoms with E-state index in [9.17, 15) is 4.79 Å². The topological polar surface area (TPSA) is 65.8 Å². The van der Waals surface area contributed by atoms with Crippen molar-refractivity contribution in [3.8, 4) is 0 Å². The summed E-state index contributed by atoms with van der Waals surface area (Å²) in [7, 11) is 1.89. The minimum Gasteiger partial charge on any atom is -0.389 e. The van der Waals surface area contributed by atoms with Crippen LogP contribution in [0.15, 0.2) is 47.4 Å². The van der Waals surface area contributed by atoms with Crippen molar-refractivity contribution < 1.29 is 0 Å². The Morgan fingerprint density at radius 3 is 2.81 bits per heavy atom. The first-order valence-corrected chi connectivity index (χ1v) is 6.88. The molecule has 2 heterocycles. The molecule has 0 unspecified atom stereocenters.